The second kappa shape index (κ2) is 4.04. The standard InChI is InChI=1S/C6H11F3O4SSi/c1-15(4-2-3-12-5-15)13-14(10,11)6(7,8)9/h2-5H2,1H3. The highest BCUT2D eigenvalue weighted by atomic mass is 32.2. The first-order valence-electron chi connectivity index (χ1n) is 4.26. The molecule has 90 valence electrons. The van der Waals surface area contributed by atoms with Crippen molar-refractivity contribution in [3.8, 4) is 0 Å². The molecule has 15 heavy (non-hydrogen) atoms. The van der Waals surface area contributed by atoms with E-state index < -0.39 is 23.9 Å². The molecule has 0 amide bonds. The smallest absolute Gasteiger partial charge is 0.382 e. The van der Waals surface area contributed by atoms with Crippen molar-refractivity contribution in [3.05, 3.63) is 0 Å². The van der Waals surface area contributed by atoms with E-state index in [9.17, 15) is 21.6 Å². The van der Waals surface area contributed by atoms with Gasteiger partial charge in [-0.1, -0.05) is 0 Å². The van der Waals surface area contributed by atoms with Gasteiger partial charge in [-0.25, -0.2) is 0 Å². The van der Waals surface area contributed by atoms with E-state index in [2.05, 4.69) is 3.87 Å². The Labute approximate surface area is 86.6 Å². The van der Waals surface area contributed by atoms with Gasteiger partial charge in [-0.2, -0.15) is 21.6 Å². The molecule has 1 aliphatic rings. The third kappa shape index (κ3) is 3.16. The van der Waals surface area contributed by atoms with Crippen LogP contribution in [0.2, 0.25) is 12.6 Å². The fourth-order valence-electron chi connectivity index (χ4n) is 1.29. The minimum absolute atomic E-state index is 0.0116. The normalized spacial score (nSPS) is 29.1. The van der Waals surface area contributed by atoms with Crippen LogP contribution in [-0.4, -0.2) is 35.1 Å². The lowest BCUT2D eigenvalue weighted by Crippen LogP contribution is -2.47. The maximum atomic E-state index is 12.0. The molecule has 0 spiro atoms. The highest BCUT2D eigenvalue weighted by Crippen LogP contribution is 2.30. The Morgan fingerprint density at radius 1 is 1.40 bits per heavy atom. The summed E-state index contributed by atoms with van der Waals surface area (Å²) >= 11 is 0. The van der Waals surface area contributed by atoms with Gasteiger partial charge < -0.3 is 8.61 Å². The number of rotatable bonds is 2. The molecule has 1 fully saturated rings. The number of ether oxygens (including phenoxy) is 1. The average Bonchev–Trinajstić information content (AvgIpc) is 2.00. The number of hydrogen-bond acceptors (Lipinski definition) is 4. The Kier molecular flexibility index (Phi) is 3.48. The zero-order chi connectivity index (χ0) is 11.7. The second-order valence-corrected chi connectivity index (χ2v) is 9.32. The van der Waals surface area contributed by atoms with Crippen LogP contribution in [0.1, 0.15) is 6.42 Å². The van der Waals surface area contributed by atoms with Gasteiger partial charge in [-0.15, -0.1) is 0 Å². The molecule has 0 aromatic rings. The van der Waals surface area contributed by atoms with Gasteiger partial charge in [0, 0.05) is 6.61 Å². The minimum atomic E-state index is -5.47. The molecule has 1 heterocycles. The highest BCUT2D eigenvalue weighted by molar-refractivity contribution is 7.88. The fraction of sp³-hybridized carbons (Fsp3) is 1.00. The number of halogens is 3. The first-order chi connectivity index (χ1) is 6.66. The van der Waals surface area contributed by atoms with Crippen molar-refractivity contribution in [2.24, 2.45) is 0 Å². The Hall–Kier alpha value is -0.123. The average molecular weight is 264 g/mol. The van der Waals surface area contributed by atoms with Gasteiger partial charge in [-0.05, 0) is 19.0 Å². The Morgan fingerprint density at radius 3 is 2.40 bits per heavy atom. The van der Waals surface area contributed by atoms with Crippen molar-refractivity contribution >= 4 is 18.4 Å². The molecule has 0 saturated carbocycles. The van der Waals surface area contributed by atoms with Crippen molar-refractivity contribution in [1.82, 2.24) is 0 Å². The molecular weight excluding hydrogens is 253 g/mol. The van der Waals surface area contributed by atoms with E-state index in [0.717, 1.165) is 0 Å². The number of alkyl halides is 3. The molecule has 0 radical (unpaired) electrons. The van der Waals surface area contributed by atoms with Crippen molar-refractivity contribution in [1.29, 1.82) is 0 Å². The second-order valence-electron chi connectivity index (χ2n) is 3.59. The van der Waals surface area contributed by atoms with Crippen LogP contribution >= 0.6 is 0 Å². The lowest BCUT2D eigenvalue weighted by molar-refractivity contribution is -0.0507. The van der Waals surface area contributed by atoms with Gasteiger partial charge in [0.1, 0.15) is 0 Å². The molecule has 1 saturated heterocycles. The van der Waals surface area contributed by atoms with Crippen LogP contribution in [0.5, 0.6) is 0 Å². The van der Waals surface area contributed by atoms with Gasteiger partial charge >= 0.3 is 15.6 Å². The van der Waals surface area contributed by atoms with Crippen molar-refractivity contribution < 1.29 is 30.2 Å². The molecule has 1 aliphatic heterocycles. The van der Waals surface area contributed by atoms with E-state index in [4.69, 9.17) is 4.74 Å². The third-order valence-corrected chi connectivity index (χ3v) is 7.28. The Balaban J connectivity index is 2.76. The largest absolute Gasteiger partial charge is 0.522 e. The lowest BCUT2D eigenvalue weighted by atomic mass is 10.5. The fourth-order valence-corrected chi connectivity index (χ4v) is 5.92. The van der Waals surface area contributed by atoms with Crippen molar-refractivity contribution in [2.45, 2.75) is 24.5 Å². The molecule has 0 bridgehead atoms. The van der Waals surface area contributed by atoms with Crippen LogP contribution in [0.15, 0.2) is 0 Å². The first-order valence-corrected chi connectivity index (χ1v) is 8.49. The molecule has 1 atom stereocenters. The summed E-state index contributed by atoms with van der Waals surface area (Å²) in [4.78, 5) is 0. The van der Waals surface area contributed by atoms with Crippen LogP contribution < -0.4 is 0 Å². The van der Waals surface area contributed by atoms with E-state index in [-0.39, 0.29) is 6.23 Å². The summed E-state index contributed by atoms with van der Waals surface area (Å²) in [5.41, 5.74) is -5.35. The molecule has 0 aromatic carbocycles. The summed E-state index contributed by atoms with van der Waals surface area (Å²) in [6.07, 6.45) is 0.526. The maximum Gasteiger partial charge on any atom is 0.522 e. The summed E-state index contributed by atoms with van der Waals surface area (Å²) in [5, 5.41) is 0. The van der Waals surface area contributed by atoms with Gasteiger partial charge in [-0.3, -0.25) is 0 Å². The molecule has 9 heteroatoms. The zero-order valence-electron chi connectivity index (χ0n) is 8.00. The van der Waals surface area contributed by atoms with Crippen LogP contribution in [0, 0.1) is 0 Å². The lowest BCUT2D eigenvalue weighted by Gasteiger charge is -2.30. The van der Waals surface area contributed by atoms with Gasteiger partial charge in [0.2, 0.25) is 8.32 Å². The molecule has 4 nitrogen and oxygen atoms in total. The monoisotopic (exact) mass is 264 g/mol. The van der Waals surface area contributed by atoms with E-state index in [0.29, 0.717) is 19.1 Å². The van der Waals surface area contributed by atoms with Crippen molar-refractivity contribution in [2.75, 3.05) is 12.8 Å². The Bertz CT molecular complexity index is 320. The first kappa shape index (κ1) is 12.9. The quantitative estimate of drug-likeness (QED) is 0.558. The molecule has 1 rings (SSSR count). The van der Waals surface area contributed by atoms with Crippen LogP contribution in [0.4, 0.5) is 13.2 Å². The third-order valence-electron chi connectivity index (χ3n) is 2.00. The topological polar surface area (TPSA) is 52.6 Å². The van der Waals surface area contributed by atoms with E-state index in [1.807, 2.05) is 0 Å². The summed E-state index contributed by atoms with van der Waals surface area (Å²) < 4.78 is 66.8. The molecular formula is C6H11F3O4SSi. The van der Waals surface area contributed by atoms with E-state index in [1.54, 1.807) is 0 Å². The van der Waals surface area contributed by atoms with Gasteiger partial charge in [0.05, 0.1) is 6.23 Å². The highest BCUT2D eigenvalue weighted by Gasteiger charge is 2.51. The molecule has 0 aliphatic carbocycles. The maximum absolute atomic E-state index is 12.0. The van der Waals surface area contributed by atoms with Crippen LogP contribution in [-0.2, 0) is 18.7 Å². The molecule has 0 N–H and O–H groups in total. The predicted molar refractivity (Wildman–Crippen MR) is 47.9 cm³/mol. The van der Waals surface area contributed by atoms with Crippen LogP contribution in [0.3, 0.4) is 0 Å². The summed E-state index contributed by atoms with van der Waals surface area (Å²) in [7, 11) is -8.39. The Morgan fingerprint density at radius 2 is 2.00 bits per heavy atom. The summed E-state index contributed by atoms with van der Waals surface area (Å²) in [6.45, 7) is 1.87. The SMILES string of the molecule is C[Si]1(OS(=O)(=O)C(F)(F)F)CCCOC1. The van der Waals surface area contributed by atoms with Gasteiger partial charge in [0.25, 0.3) is 0 Å². The van der Waals surface area contributed by atoms with Gasteiger partial charge in [0.15, 0.2) is 0 Å². The van der Waals surface area contributed by atoms with E-state index >= 15 is 0 Å². The zero-order valence-corrected chi connectivity index (χ0v) is 9.82. The van der Waals surface area contributed by atoms with Crippen LogP contribution in [0.25, 0.3) is 0 Å². The molecule has 1 unspecified atom stereocenters. The predicted octanol–water partition coefficient (Wildman–Crippen LogP) is 1.39. The molecule has 0 aromatic heterocycles. The van der Waals surface area contributed by atoms with Crippen molar-refractivity contribution in [3.63, 3.8) is 0 Å². The minimum Gasteiger partial charge on any atom is -0.382 e. The summed E-state index contributed by atoms with van der Waals surface area (Å²) in [6, 6.07) is 0.363. The van der Waals surface area contributed by atoms with E-state index in [1.165, 1.54) is 6.55 Å². The summed E-state index contributed by atoms with van der Waals surface area (Å²) in [5.74, 6) is 0. The number of hydrogen-bond donors (Lipinski definition) is 0.